The number of H-pyrrole nitrogens is 1. The van der Waals surface area contributed by atoms with Crippen molar-refractivity contribution in [2.24, 2.45) is 0 Å². The normalized spacial score (nSPS) is 12.6. The molecule has 3 aromatic rings. The fraction of sp³-hybridized carbons (Fsp3) is 0.286. The van der Waals surface area contributed by atoms with E-state index in [-0.39, 0.29) is 18.2 Å². The van der Waals surface area contributed by atoms with Crippen LogP contribution in [0.3, 0.4) is 0 Å². The van der Waals surface area contributed by atoms with Crippen molar-refractivity contribution in [2.45, 2.75) is 20.3 Å². The van der Waals surface area contributed by atoms with E-state index in [1.165, 1.54) is 6.92 Å². The second-order valence-electron chi connectivity index (χ2n) is 6.77. The second-order valence-corrected chi connectivity index (χ2v) is 6.77. The minimum atomic E-state index is -0.195. The van der Waals surface area contributed by atoms with Crippen LogP contribution in [-0.2, 0) is 16.0 Å². The van der Waals surface area contributed by atoms with E-state index in [0.29, 0.717) is 37.1 Å². The van der Waals surface area contributed by atoms with E-state index in [1.54, 1.807) is 4.90 Å². The van der Waals surface area contributed by atoms with Crippen molar-refractivity contribution < 1.29 is 19.1 Å². The van der Waals surface area contributed by atoms with Crippen LogP contribution in [0.4, 0.5) is 11.5 Å². The molecule has 0 saturated heterocycles. The Bertz CT molecular complexity index is 1080. The molecule has 1 aliphatic rings. The number of carbonyl (C=O) groups excluding carboxylic acids is 2. The Morgan fingerprint density at radius 3 is 2.69 bits per heavy atom. The number of fused-ring (bicyclic) bond motifs is 2. The van der Waals surface area contributed by atoms with Gasteiger partial charge in [-0.2, -0.15) is 5.10 Å². The lowest BCUT2D eigenvalue weighted by Gasteiger charge is -2.19. The summed E-state index contributed by atoms with van der Waals surface area (Å²) in [5.41, 5.74) is 2.36. The van der Waals surface area contributed by atoms with Crippen molar-refractivity contribution in [1.29, 1.82) is 0 Å². The van der Waals surface area contributed by atoms with E-state index in [1.807, 2.05) is 43.3 Å². The van der Waals surface area contributed by atoms with Crippen molar-refractivity contribution >= 4 is 34.2 Å². The fourth-order valence-corrected chi connectivity index (χ4v) is 3.41. The molecule has 0 spiro atoms. The quantitative estimate of drug-likeness (QED) is 0.694. The number of ether oxygens (including phenoxy) is 2. The first-order valence-corrected chi connectivity index (χ1v) is 9.49. The minimum absolute atomic E-state index is 0.0421. The number of carbonyl (C=O) groups is 2. The number of hydrogen-bond donors (Lipinski definition) is 2. The fourth-order valence-electron chi connectivity index (χ4n) is 3.41. The summed E-state index contributed by atoms with van der Waals surface area (Å²) in [6, 6.07) is 11.0. The maximum atomic E-state index is 12.6. The SMILES string of the molecule is CCN(C(C)=O)c1ccc2[nH]nc(NC(=O)Cc3ccc4c(c3)OCCO4)c2c1. The van der Waals surface area contributed by atoms with Crippen LogP contribution in [0.1, 0.15) is 19.4 Å². The van der Waals surface area contributed by atoms with Crippen LogP contribution >= 0.6 is 0 Å². The molecule has 2 aromatic carbocycles. The van der Waals surface area contributed by atoms with Crippen molar-refractivity contribution in [3.63, 3.8) is 0 Å². The standard InChI is InChI=1S/C21H22N4O4/c1-3-25(13(2)26)15-5-6-17-16(12-15)21(24-23-17)22-20(27)11-14-4-7-18-19(10-14)29-9-8-28-18/h4-7,10,12H,3,8-9,11H2,1-2H3,(H2,22,23,24,27). The Hall–Kier alpha value is -3.55. The third kappa shape index (κ3) is 3.87. The lowest BCUT2D eigenvalue weighted by molar-refractivity contribution is -0.117. The molecule has 4 rings (SSSR count). The number of aromatic nitrogens is 2. The zero-order chi connectivity index (χ0) is 20.4. The van der Waals surface area contributed by atoms with E-state index in [9.17, 15) is 9.59 Å². The van der Waals surface area contributed by atoms with Crippen LogP contribution in [0.2, 0.25) is 0 Å². The minimum Gasteiger partial charge on any atom is -0.486 e. The highest BCUT2D eigenvalue weighted by Crippen LogP contribution is 2.31. The Labute approximate surface area is 167 Å². The zero-order valence-corrected chi connectivity index (χ0v) is 16.3. The number of nitrogens with zero attached hydrogens (tertiary/aromatic N) is 2. The van der Waals surface area contributed by atoms with Gasteiger partial charge in [-0.15, -0.1) is 0 Å². The smallest absolute Gasteiger partial charge is 0.230 e. The molecule has 2 heterocycles. The molecule has 2 N–H and O–H groups in total. The highest BCUT2D eigenvalue weighted by atomic mass is 16.6. The van der Waals surface area contributed by atoms with E-state index < -0.39 is 0 Å². The van der Waals surface area contributed by atoms with Crippen LogP contribution in [0.5, 0.6) is 11.5 Å². The highest BCUT2D eigenvalue weighted by Gasteiger charge is 2.16. The molecule has 2 amide bonds. The topological polar surface area (TPSA) is 96.6 Å². The Morgan fingerprint density at radius 2 is 1.93 bits per heavy atom. The molecule has 1 aliphatic heterocycles. The monoisotopic (exact) mass is 394 g/mol. The maximum Gasteiger partial charge on any atom is 0.230 e. The van der Waals surface area contributed by atoms with Gasteiger partial charge in [-0.1, -0.05) is 6.07 Å². The molecule has 0 unspecified atom stereocenters. The molecule has 150 valence electrons. The number of hydrogen-bond acceptors (Lipinski definition) is 5. The molecule has 0 fully saturated rings. The highest BCUT2D eigenvalue weighted by molar-refractivity contribution is 6.02. The summed E-state index contributed by atoms with van der Waals surface area (Å²) in [4.78, 5) is 26.1. The predicted molar refractivity (Wildman–Crippen MR) is 110 cm³/mol. The number of aromatic amines is 1. The maximum absolute atomic E-state index is 12.6. The van der Waals surface area contributed by atoms with Gasteiger partial charge in [-0.3, -0.25) is 14.7 Å². The molecule has 8 heteroatoms. The first kappa shape index (κ1) is 18.8. The predicted octanol–water partition coefficient (Wildman–Crippen LogP) is 2.89. The third-order valence-corrected chi connectivity index (χ3v) is 4.78. The summed E-state index contributed by atoms with van der Waals surface area (Å²) < 4.78 is 11.1. The first-order chi connectivity index (χ1) is 14.0. The van der Waals surface area contributed by atoms with Crippen molar-refractivity contribution in [1.82, 2.24) is 10.2 Å². The number of nitrogens with one attached hydrogen (secondary N) is 2. The van der Waals surface area contributed by atoms with Gasteiger partial charge in [0, 0.05) is 24.5 Å². The summed E-state index contributed by atoms with van der Waals surface area (Å²) >= 11 is 0. The van der Waals surface area contributed by atoms with Crippen LogP contribution in [-0.4, -0.2) is 41.8 Å². The Kier molecular flexibility index (Phi) is 5.07. The molecule has 0 atom stereocenters. The van der Waals surface area contributed by atoms with Gasteiger partial charge < -0.3 is 19.7 Å². The first-order valence-electron chi connectivity index (χ1n) is 9.49. The summed E-state index contributed by atoms with van der Waals surface area (Å²) in [5, 5.41) is 10.7. The van der Waals surface area contributed by atoms with Crippen LogP contribution in [0, 0.1) is 0 Å². The molecule has 0 bridgehead atoms. The molecule has 29 heavy (non-hydrogen) atoms. The van der Waals surface area contributed by atoms with Gasteiger partial charge in [0.2, 0.25) is 11.8 Å². The number of rotatable bonds is 5. The average molecular weight is 394 g/mol. The largest absolute Gasteiger partial charge is 0.486 e. The lowest BCUT2D eigenvalue weighted by Crippen LogP contribution is -2.27. The molecule has 1 aromatic heterocycles. The van der Waals surface area contributed by atoms with Crippen molar-refractivity contribution in [2.75, 3.05) is 30.0 Å². The van der Waals surface area contributed by atoms with Gasteiger partial charge in [0.15, 0.2) is 17.3 Å². The Balaban J connectivity index is 1.52. The zero-order valence-electron chi connectivity index (χ0n) is 16.3. The van der Waals surface area contributed by atoms with E-state index in [0.717, 1.165) is 22.2 Å². The molecule has 8 nitrogen and oxygen atoms in total. The lowest BCUT2D eigenvalue weighted by atomic mass is 10.1. The van der Waals surface area contributed by atoms with E-state index in [4.69, 9.17) is 9.47 Å². The van der Waals surface area contributed by atoms with Crippen LogP contribution in [0.25, 0.3) is 10.9 Å². The van der Waals surface area contributed by atoms with Crippen molar-refractivity contribution in [3.8, 4) is 11.5 Å². The van der Waals surface area contributed by atoms with Gasteiger partial charge in [0.25, 0.3) is 0 Å². The van der Waals surface area contributed by atoms with E-state index >= 15 is 0 Å². The van der Waals surface area contributed by atoms with Gasteiger partial charge in [0.1, 0.15) is 13.2 Å². The molecule has 0 aliphatic carbocycles. The molecular formula is C21H22N4O4. The summed E-state index contributed by atoms with van der Waals surface area (Å²) in [6.45, 7) is 5.03. The Morgan fingerprint density at radius 1 is 1.14 bits per heavy atom. The average Bonchev–Trinajstić information content (AvgIpc) is 3.10. The molecule has 0 saturated carbocycles. The third-order valence-electron chi connectivity index (χ3n) is 4.78. The van der Waals surface area contributed by atoms with Crippen LogP contribution < -0.4 is 19.7 Å². The summed E-state index contributed by atoms with van der Waals surface area (Å²) in [5.74, 6) is 1.54. The van der Waals surface area contributed by atoms with Gasteiger partial charge in [0.05, 0.1) is 11.9 Å². The number of anilines is 2. The molecular weight excluding hydrogens is 372 g/mol. The van der Waals surface area contributed by atoms with Crippen LogP contribution in [0.15, 0.2) is 36.4 Å². The summed E-state index contributed by atoms with van der Waals surface area (Å²) in [6.07, 6.45) is 0.180. The van der Waals surface area contributed by atoms with Crippen molar-refractivity contribution in [3.05, 3.63) is 42.0 Å². The van der Waals surface area contributed by atoms with Gasteiger partial charge in [-0.25, -0.2) is 0 Å². The van der Waals surface area contributed by atoms with E-state index in [2.05, 4.69) is 15.5 Å². The van der Waals surface area contributed by atoms with Gasteiger partial charge in [-0.05, 0) is 42.8 Å². The summed E-state index contributed by atoms with van der Waals surface area (Å²) in [7, 11) is 0. The molecule has 0 radical (unpaired) electrons. The number of amides is 2. The van der Waals surface area contributed by atoms with Gasteiger partial charge >= 0.3 is 0 Å². The second kappa shape index (κ2) is 7.83. The number of benzene rings is 2.